The average molecular weight is 268 g/mol. The lowest BCUT2D eigenvalue weighted by atomic mass is 10.2. The summed E-state index contributed by atoms with van der Waals surface area (Å²) in [6.45, 7) is -0.548. The predicted molar refractivity (Wildman–Crippen MR) is 65.0 cm³/mol. The maximum Gasteiger partial charge on any atom is 0.323 e. The fourth-order valence-corrected chi connectivity index (χ4v) is 2.94. The summed E-state index contributed by atoms with van der Waals surface area (Å²) in [5.74, 6) is -0.107. The molecule has 0 rings (SSSR count). The van der Waals surface area contributed by atoms with Crippen LogP contribution in [0.4, 0.5) is 0 Å². The van der Waals surface area contributed by atoms with Crippen LogP contribution < -0.4 is 11.5 Å². The van der Waals surface area contributed by atoms with Gasteiger partial charge in [-0.3, -0.25) is 9.59 Å². The van der Waals surface area contributed by atoms with Crippen LogP contribution in [0.2, 0.25) is 0 Å². The number of carbonyl (C=O) groups is 2. The molecule has 0 aromatic heterocycles. The Hall–Kier alpha value is -0.280. The number of aliphatic hydroxyl groups is 1. The van der Waals surface area contributed by atoms with Gasteiger partial charge in [0.25, 0.3) is 0 Å². The minimum Gasteiger partial charge on any atom is -0.468 e. The predicted octanol–water partition coefficient (Wildman–Crippen LogP) is -1.24. The standard InChI is InChI=1S/C8H16N2O4S2/c1-14-8(13)6(10)4-16-15-3-5(9)7(12)2-11/h5-6,11H,2-4,9-10H2,1H3/t5-,6-/m0/s1. The normalized spacial score (nSPS) is 14.2. The number of nitrogens with two attached hydrogens (primary N) is 2. The van der Waals surface area contributed by atoms with Gasteiger partial charge in [0.15, 0.2) is 5.78 Å². The zero-order valence-electron chi connectivity index (χ0n) is 8.92. The van der Waals surface area contributed by atoms with E-state index in [1.54, 1.807) is 0 Å². The van der Waals surface area contributed by atoms with Crippen LogP contribution in [0.3, 0.4) is 0 Å². The van der Waals surface area contributed by atoms with Crippen molar-refractivity contribution in [3.8, 4) is 0 Å². The molecule has 0 amide bonds. The van der Waals surface area contributed by atoms with E-state index in [2.05, 4.69) is 4.74 Å². The maximum absolute atomic E-state index is 10.9. The average Bonchev–Trinajstić information content (AvgIpc) is 2.31. The zero-order chi connectivity index (χ0) is 12.6. The summed E-state index contributed by atoms with van der Waals surface area (Å²) in [5, 5.41) is 8.53. The van der Waals surface area contributed by atoms with Crippen molar-refractivity contribution < 1.29 is 19.4 Å². The van der Waals surface area contributed by atoms with Crippen molar-refractivity contribution >= 4 is 33.3 Å². The first-order valence-electron chi connectivity index (χ1n) is 4.49. The number of carbonyl (C=O) groups excluding carboxylic acids is 2. The van der Waals surface area contributed by atoms with Gasteiger partial charge in [-0.1, -0.05) is 21.6 Å². The molecule has 0 unspecified atom stereocenters. The van der Waals surface area contributed by atoms with Gasteiger partial charge in [-0.25, -0.2) is 0 Å². The summed E-state index contributed by atoms with van der Waals surface area (Å²) >= 11 is 0. The Labute approximate surface area is 102 Å². The Balaban J connectivity index is 3.60. The van der Waals surface area contributed by atoms with Crippen LogP contribution in [0.25, 0.3) is 0 Å². The third-order valence-corrected chi connectivity index (χ3v) is 4.13. The van der Waals surface area contributed by atoms with Gasteiger partial charge in [0, 0.05) is 11.5 Å². The molecule has 0 aliphatic carbocycles. The summed E-state index contributed by atoms with van der Waals surface area (Å²) in [6, 6.07) is -1.36. The summed E-state index contributed by atoms with van der Waals surface area (Å²) < 4.78 is 4.45. The molecule has 8 heteroatoms. The molecule has 0 saturated carbocycles. The maximum atomic E-state index is 10.9. The first kappa shape index (κ1) is 15.7. The highest BCUT2D eigenvalue weighted by atomic mass is 33.1. The number of hydrogen-bond acceptors (Lipinski definition) is 8. The van der Waals surface area contributed by atoms with E-state index in [0.29, 0.717) is 11.5 Å². The molecular formula is C8H16N2O4S2. The van der Waals surface area contributed by atoms with Gasteiger partial charge in [0.05, 0.1) is 13.2 Å². The van der Waals surface area contributed by atoms with Crippen LogP contribution in [0.5, 0.6) is 0 Å². The smallest absolute Gasteiger partial charge is 0.323 e. The third kappa shape index (κ3) is 6.33. The Bertz CT molecular complexity index is 216. The Kier molecular flexibility index (Phi) is 8.67. The number of rotatable bonds is 8. The lowest BCUT2D eigenvalue weighted by Gasteiger charge is -2.10. The highest BCUT2D eigenvalue weighted by molar-refractivity contribution is 8.76. The van der Waals surface area contributed by atoms with Crippen LogP contribution in [-0.2, 0) is 14.3 Å². The number of hydrogen-bond donors (Lipinski definition) is 3. The molecule has 16 heavy (non-hydrogen) atoms. The highest BCUT2D eigenvalue weighted by Crippen LogP contribution is 2.22. The van der Waals surface area contributed by atoms with Gasteiger partial charge in [-0.15, -0.1) is 0 Å². The van der Waals surface area contributed by atoms with Gasteiger partial charge in [-0.2, -0.15) is 0 Å². The van der Waals surface area contributed by atoms with Crippen molar-refractivity contribution in [3.63, 3.8) is 0 Å². The number of ketones is 1. The van der Waals surface area contributed by atoms with Crippen LogP contribution in [0.1, 0.15) is 0 Å². The summed E-state index contributed by atoms with van der Waals surface area (Å²) in [4.78, 5) is 21.8. The van der Waals surface area contributed by atoms with Crippen molar-refractivity contribution in [1.29, 1.82) is 0 Å². The van der Waals surface area contributed by atoms with Crippen molar-refractivity contribution in [2.24, 2.45) is 11.5 Å². The molecule has 0 radical (unpaired) electrons. The SMILES string of the molecule is COC(=O)[C@@H](N)CSSC[C@H](N)C(=O)CO. The Morgan fingerprint density at radius 1 is 1.25 bits per heavy atom. The van der Waals surface area contributed by atoms with Crippen LogP contribution in [0.15, 0.2) is 0 Å². The van der Waals surface area contributed by atoms with Crippen LogP contribution in [-0.4, -0.2) is 54.2 Å². The Morgan fingerprint density at radius 3 is 2.19 bits per heavy atom. The lowest BCUT2D eigenvalue weighted by molar-refractivity contribution is -0.141. The monoisotopic (exact) mass is 268 g/mol. The van der Waals surface area contributed by atoms with Gasteiger partial charge < -0.3 is 21.3 Å². The third-order valence-electron chi connectivity index (χ3n) is 1.65. The second-order valence-corrected chi connectivity index (χ2v) is 5.48. The second kappa shape index (κ2) is 8.82. The zero-order valence-corrected chi connectivity index (χ0v) is 10.6. The van der Waals surface area contributed by atoms with Gasteiger partial charge in [0.1, 0.15) is 12.6 Å². The molecule has 0 aliphatic heterocycles. The molecule has 0 aliphatic rings. The first-order chi connectivity index (χ1) is 7.52. The number of Topliss-reactive ketones (excluding diaryl/α,β-unsaturated/α-hetero) is 1. The van der Waals surface area contributed by atoms with Crippen LogP contribution >= 0.6 is 21.6 Å². The minimum atomic E-state index is -0.683. The molecule has 0 heterocycles. The lowest BCUT2D eigenvalue weighted by Crippen LogP contribution is -2.35. The van der Waals surface area contributed by atoms with E-state index >= 15 is 0 Å². The van der Waals surface area contributed by atoms with E-state index in [1.165, 1.54) is 28.7 Å². The quantitative estimate of drug-likeness (QED) is 0.284. The van der Waals surface area contributed by atoms with E-state index in [4.69, 9.17) is 16.6 Å². The van der Waals surface area contributed by atoms with Crippen molar-refractivity contribution in [2.45, 2.75) is 12.1 Å². The van der Waals surface area contributed by atoms with E-state index < -0.39 is 30.4 Å². The first-order valence-corrected chi connectivity index (χ1v) is 6.98. The minimum absolute atomic E-state index is 0.373. The number of aliphatic hydroxyl groups excluding tert-OH is 1. The van der Waals surface area contributed by atoms with Gasteiger partial charge in [0.2, 0.25) is 0 Å². The summed E-state index contributed by atoms with van der Waals surface area (Å²) in [5.41, 5.74) is 10.9. The molecule has 6 nitrogen and oxygen atoms in total. The van der Waals surface area contributed by atoms with Crippen LogP contribution in [0, 0.1) is 0 Å². The summed E-state index contributed by atoms with van der Waals surface area (Å²) in [7, 11) is 3.95. The molecule has 0 aromatic rings. The highest BCUT2D eigenvalue weighted by Gasteiger charge is 2.15. The Morgan fingerprint density at radius 2 is 1.75 bits per heavy atom. The molecule has 0 aromatic carbocycles. The van der Waals surface area contributed by atoms with Gasteiger partial charge in [-0.05, 0) is 0 Å². The molecule has 0 fully saturated rings. The fourth-order valence-electron chi connectivity index (χ4n) is 0.672. The molecular weight excluding hydrogens is 252 g/mol. The summed E-state index contributed by atoms with van der Waals surface area (Å²) in [6.07, 6.45) is 0. The van der Waals surface area contributed by atoms with E-state index in [-0.39, 0.29) is 0 Å². The molecule has 0 bridgehead atoms. The number of esters is 1. The molecule has 0 spiro atoms. The van der Waals surface area contributed by atoms with E-state index in [0.717, 1.165) is 0 Å². The fraction of sp³-hybridized carbons (Fsp3) is 0.750. The van der Waals surface area contributed by atoms with Crippen molar-refractivity contribution in [1.82, 2.24) is 0 Å². The van der Waals surface area contributed by atoms with Gasteiger partial charge >= 0.3 is 5.97 Å². The molecule has 0 saturated heterocycles. The topological polar surface area (TPSA) is 116 Å². The molecule has 2 atom stereocenters. The van der Waals surface area contributed by atoms with Crippen molar-refractivity contribution in [2.75, 3.05) is 25.2 Å². The van der Waals surface area contributed by atoms with Crippen molar-refractivity contribution in [3.05, 3.63) is 0 Å². The number of ether oxygens (including phenoxy) is 1. The number of methoxy groups -OCH3 is 1. The molecule has 94 valence electrons. The second-order valence-electron chi connectivity index (χ2n) is 2.93. The van der Waals surface area contributed by atoms with E-state index in [9.17, 15) is 9.59 Å². The largest absolute Gasteiger partial charge is 0.468 e. The van der Waals surface area contributed by atoms with E-state index in [1.807, 2.05) is 0 Å². The molecule has 5 N–H and O–H groups in total.